The lowest BCUT2D eigenvalue weighted by Gasteiger charge is -1.92. The molecule has 0 amide bonds. The molecule has 0 saturated heterocycles. The molecule has 1 aromatic carbocycles. The Bertz CT molecular complexity index is 492. The average Bonchev–Trinajstić information content (AvgIpc) is 2.64. The van der Waals surface area contributed by atoms with Crippen molar-refractivity contribution in [1.82, 2.24) is 10.3 Å². The second-order valence-electron chi connectivity index (χ2n) is 2.41. The third-order valence-corrected chi connectivity index (χ3v) is 1.73. The van der Waals surface area contributed by atoms with Crippen molar-refractivity contribution < 1.29 is 4.63 Å². The monoisotopic (exact) mass is 168 g/mol. The highest BCUT2D eigenvalue weighted by molar-refractivity contribution is 5.85. The molecule has 0 aliphatic rings. The van der Waals surface area contributed by atoms with Crippen molar-refractivity contribution in [3.8, 4) is 24.7 Å². The van der Waals surface area contributed by atoms with Gasteiger partial charge in [0.05, 0.1) is 11.1 Å². The summed E-state index contributed by atoms with van der Waals surface area (Å²) in [5, 5.41) is 7.35. The van der Waals surface area contributed by atoms with Crippen LogP contribution in [0.4, 0.5) is 0 Å². The van der Waals surface area contributed by atoms with Crippen LogP contribution in [0.5, 0.6) is 0 Å². The minimum Gasteiger partial charge on any atom is -0.243 e. The normalized spacial score (nSPS) is 9.38. The van der Waals surface area contributed by atoms with Crippen molar-refractivity contribution in [1.29, 1.82) is 0 Å². The Kier molecular flexibility index (Phi) is 1.51. The van der Waals surface area contributed by atoms with Gasteiger partial charge in [-0.2, -0.15) is 0 Å². The first-order chi connectivity index (χ1) is 6.36. The Balaban J connectivity index is 2.93. The van der Waals surface area contributed by atoms with E-state index in [1.807, 2.05) is 0 Å². The summed E-state index contributed by atoms with van der Waals surface area (Å²) in [7, 11) is 0. The number of hydrogen-bond acceptors (Lipinski definition) is 3. The molecule has 0 N–H and O–H groups in total. The van der Waals surface area contributed by atoms with E-state index >= 15 is 0 Å². The second-order valence-corrected chi connectivity index (χ2v) is 2.41. The van der Waals surface area contributed by atoms with E-state index in [-0.39, 0.29) is 0 Å². The molecule has 0 aliphatic carbocycles. The Morgan fingerprint density at radius 2 is 1.46 bits per heavy atom. The standard InChI is InChI=1S/C10H4N2O/c1-3-7-5-6-8(4-2)10-9(7)11-13-12-10/h1-2,5-6H. The highest BCUT2D eigenvalue weighted by atomic mass is 16.6. The van der Waals surface area contributed by atoms with Crippen LogP contribution in [0.15, 0.2) is 16.8 Å². The summed E-state index contributed by atoms with van der Waals surface area (Å²) < 4.78 is 4.56. The van der Waals surface area contributed by atoms with E-state index in [4.69, 9.17) is 12.8 Å². The van der Waals surface area contributed by atoms with Crippen molar-refractivity contribution in [2.45, 2.75) is 0 Å². The Morgan fingerprint density at radius 1 is 1.00 bits per heavy atom. The van der Waals surface area contributed by atoms with Gasteiger partial charge in [-0.05, 0) is 22.4 Å². The van der Waals surface area contributed by atoms with Crippen LogP contribution in [0.1, 0.15) is 11.1 Å². The predicted molar refractivity (Wildman–Crippen MR) is 47.7 cm³/mol. The zero-order chi connectivity index (χ0) is 9.26. The molecule has 0 aliphatic heterocycles. The average molecular weight is 168 g/mol. The maximum atomic E-state index is 5.26. The molecule has 3 heteroatoms. The minimum atomic E-state index is 0.540. The first-order valence-electron chi connectivity index (χ1n) is 3.55. The zero-order valence-electron chi connectivity index (χ0n) is 6.61. The van der Waals surface area contributed by atoms with Gasteiger partial charge < -0.3 is 0 Å². The van der Waals surface area contributed by atoms with Crippen molar-refractivity contribution >= 4 is 11.0 Å². The van der Waals surface area contributed by atoms with Crippen LogP contribution in [0.2, 0.25) is 0 Å². The fraction of sp³-hybridized carbons (Fsp3) is 0. The summed E-state index contributed by atoms with van der Waals surface area (Å²) in [6, 6.07) is 3.45. The van der Waals surface area contributed by atoms with Crippen LogP contribution in [0, 0.1) is 24.7 Å². The summed E-state index contributed by atoms with van der Waals surface area (Å²) in [6.07, 6.45) is 10.5. The maximum Gasteiger partial charge on any atom is 0.152 e. The van der Waals surface area contributed by atoms with E-state index < -0.39 is 0 Å². The second kappa shape index (κ2) is 2.66. The molecular weight excluding hydrogens is 164 g/mol. The Morgan fingerprint density at radius 3 is 1.85 bits per heavy atom. The van der Waals surface area contributed by atoms with Gasteiger partial charge in [0, 0.05) is 0 Å². The fourth-order valence-corrected chi connectivity index (χ4v) is 1.10. The highest BCUT2D eigenvalue weighted by Gasteiger charge is 2.08. The zero-order valence-corrected chi connectivity index (χ0v) is 6.61. The van der Waals surface area contributed by atoms with Crippen LogP contribution >= 0.6 is 0 Å². The summed E-state index contributed by atoms with van der Waals surface area (Å²) in [6.45, 7) is 0. The SMILES string of the molecule is C#Cc1ccc(C#C)c2nonc12. The molecule has 1 heterocycles. The number of aromatic nitrogens is 2. The molecule has 60 valence electrons. The van der Waals surface area contributed by atoms with E-state index in [0.717, 1.165) is 0 Å². The van der Waals surface area contributed by atoms with E-state index in [9.17, 15) is 0 Å². The van der Waals surface area contributed by atoms with Gasteiger partial charge in [-0.15, -0.1) is 12.8 Å². The minimum absolute atomic E-state index is 0.540. The molecule has 0 spiro atoms. The molecule has 2 rings (SSSR count). The van der Waals surface area contributed by atoms with Crippen molar-refractivity contribution in [3.05, 3.63) is 23.3 Å². The highest BCUT2D eigenvalue weighted by Crippen LogP contribution is 2.17. The van der Waals surface area contributed by atoms with Crippen molar-refractivity contribution in [3.63, 3.8) is 0 Å². The summed E-state index contributed by atoms with van der Waals surface area (Å²) in [5.41, 5.74) is 2.35. The molecule has 2 aromatic rings. The Hall–Kier alpha value is -2.26. The molecule has 0 atom stereocenters. The van der Waals surface area contributed by atoms with Gasteiger partial charge in [0.15, 0.2) is 11.0 Å². The van der Waals surface area contributed by atoms with E-state index in [2.05, 4.69) is 26.8 Å². The molecule has 0 saturated carbocycles. The maximum absolute atomic E-state index is 5.26. The lowest BCUT2D eigenvalue weighted by molar-refractivity contribution is 0.315. The lowest BCUT2D eigenvalue weighted by Crippen LogP contribution is -1.82. The number of nitrogens with zero attached hydrogens (tertiary/aromatic N) is 2. The summed E-state index contributed by atoms with van der Waals surface area (Å²) >= 11 is 0. The number of benzene rings is 1. The van der Waals surface area contributed by atoms with Crippen LogP contribution in [0.25, 0.3) is 11.0 Å². The first-order valence-corrected chi connectivity index (χ1v) is 3.55. The van der Waals surface area contributed by atoms with Crippen LogP contribution in [-0.4, -0.2) is 10.3 Å². The third-order valence-electron chi connectivity index (χ3n) is 1.73. The summed E-state index contributed by atoms with van der Waals surface area (Å²) in [4.78, 5) is 0. The molecule has 0 fully saturated rings. The molecular formula is C10H4N2O. The number of hydrogen-bond donors (Lipinski definition) is 0. The molecule has 0 bridgehead atoms. The lowest BCUT2D eigenvalue weighted by atomic mass is 10.1. The van der Waals surface area contributed by atoms with Gasteiger partial charge in [0.1, 0.15) is 0 Å². The van der Waals surface area contributed by atoms with E-state index in [1.165, 1.54) is 0 Å². The Labute approximate surface area is 74.7 Å². The molecule has 3 nitrogen and oxygen atoms in total. The predicted octanol–water partition coefficient (Wildman–Crippen LogP) is 1.19. The molecule has 13 heavy (non-hydrogen) atoms. The molecule has 1 aromatic heterocycles. The van der Waals surface area contributed by atoms with Gasteiger partial charge in [-0.25, -0.2) is 4.63 Å². The van der Waals surface area contributed by atoms with E-state index in [0.29, 0.717) is 22.2 Å². The number of fused-ring (bicyclic) bond motifs is 1. The van der Waals surface area contributed by atoms with Gasteiger partial charge >= 0.3 is 0 Å². The van der Waals surface area contributed by atoms with Crippen LogP contribution < -0.4 is 0 Å². The van der Waals surface area contributed by atoms with Gasteiger partial charge in [-0.1, -0.05) is 11.8 Å². The fourth-order valence-electron chi connectivity index (χ4n) is 1.10. The van der Waals surface area contributed by atoms with Crippen LogP contribution in [-0.2, 0) is 0 Å². The van der Waals surface area contributed by atoms with Crippen molar-refractivity contribution in [2.24, 2.45) is 0 Å². The molecule has 0 unspecified atom stereocenters. The molecule has 0 radical (unpaired) electrons. The van der Waals surface area contributed by atoms with Gasteiger partial charge in [0.25, 0.3) is 0 Å². The van der Waals surface area contributed by atoms with Gasteiger partial charge in [-0.3, -0.25) is 0 Å². The summed E-state index contributed by atoms with van der Waals surface area (Å²) in [5.74, 6) is 4.95. The topological polar surface area (TPSA) is 38.9 Å². The van der Waals surface area contributed by atoms with Crippen LogP contribution in [0.3, 0.4) is 0 Å². The largest absolute Gasteiger partial charge is 0.243 e. The van der Waals surface area contributed by atoms with E-state index in [1.54, 1.807) is 12.1 Å². The number of terminal acetylenes is 2. The van der Waals surface area contributed by atoms with Crippen molar-refractivity contribution in [2.75, 3.05) is 0 Å². The third kappa shape index (κ3) is 0.953. The number of rotatable bonds is 0. The van der Waals surface area contributed by atoms with Gasteiger partial charge in [0.2, 0.25) is 0 Å². The first kappa shape index (κ1) is 7.39. The quantitative estimate of drug-likeness (QED) is 0.554. The smallest absolute Gasteiger partial charge is 0.152 e.